The van der Waals surface area contributed by atoms with Crippen molar-refractivity contribution in [3.8, 4) is 0 Å². The summed E-state index contributed by atoms with van der Waals surface area (Å²) in [5, 5.41) is 3.69. The minimum atomic E-state index is 0.307. The van der Waals surface area contributed by atoms with Crippen LogP contribution in [-0.4, -0.2) is 64.1 Å². The summed E-state index contributed by atoms with van der Waals surface area (Å²) in [6.45, 7) is 11.4. The van der Waals surface area contributed by atoms with E-state index in [0.717, 1.165) is 39.3 Å². The maximum absolute atomic E-state index is 5.83. The molecule has 1 saturated carbocycles. The van der Waals surface area contributed by atoms with E-state index in [9.17, 15) is 0 Å². The molecule has 1 aliphatic carbocycles. The van der Waals surface area contributed by atoms with Crippen molar-refractivity contribution in [2.75, 3.05) is 47.0 Å². The molecule has 3 atom stereocenters. The second-order valence-corrected chi connectivity index (χ2v) is 5.84. The first-order valence-electron chi connectivity index (χ1n) is 7.60. The molecule has 1 fully saturated rings. The molecule has 4 heteroatoms. The molecule has 0 aromatic rings. The Morgan fingerprint density at radius 1 is 1.32 bits per heavy atom. The van der Waals surface area contributed by atoms with Gasteiger partial charge in [0.05, 0.1) is 12.7 Å². The van der Waals surface area contributed by atoms with Crippen LogP contribution in [0.25, 0.3) is 0 Å². The van der Waals surface area contributed by atoms with Crippen LogP contribution >= 0.6 is 0 Å². The molecule has 3 unspecified atom stereocenters. The molecule has 0 amide bonds. The van der Waals surface area contributed by atoms with Crippen LogP contribution < -0.4 is 5.32 Å². The van der Waals surface area contributed by atoms with Gasteiger partial charge in [-0.1, -0.05) is 13.8 Å². The second kappa shape index (κ2) is 8.20. The van der Waals surface area contributed by atoms with Gasteiger partial charge in [0.2, 0.25) is 0 Å². The molecule has 0 aliphatic heterocycles. The third-order valence-corrected chi connectivity index (χ3v) is 4.67. The van der Waals surface area contributed by atoms with Gasteiger partial charge >= 0.3 is 0 Å². The maximum Gasteiger partial charge on any atom is 0.0658 e. The lowest BCUT2D eigenvalue weighted by atomic mass is 9.61. The van der Waals surface area contributed by atoms with Gasteiger partial charge in [-0.2, -0.15) is 0 Å². The van der Waals surface area contributed by atoms with Crippen molar-refractivity contribution < 1.29 is 9.47 Å². The molecule has 0 spiro atoms. The summed E-state index contributed by atoms with van der Waals surface area (Å²) < 4.78 is 10.9. The molecule has 0 radical (unpaired) electrons. The van der Waals surface area contributed by atoms with Crippen LogP contribution in [0.1, 0.15) is 33.6 Å². The number of nitrogens with zero attached hydrogens (tertiary/aromatic N) is 1. The highest BCUT2D eigenvalue weighted by Gasteiger charge is 2.50. The minimum Gasteiger partial charge on any atom is -0.383 e. The molecule has 1 rings (SSSR count). The van der Waals surface area contributed by atoms with E-state index in [1.807, 2.05) is 0 Å². The Hall–Kier alpha value is -0.160. The SMILES string of the molecule is CCOC1CC(NCCN(C)CCOC)C1(C)CC. The minimum absolute atomic E-state index is 0.307. The normalized spacial score (nSPS) is 30.6. The average molecular weight is 272 g/mol. The van der Waals surface area contributed by atoms with Crippen LogP contribution in [0.5, 0.6) is 0 Å². The molecule has 0 aromatic heterocycles. The summed E-state index contributed by atoms with van der Waals surface area (Å²) >= 11 is 0. The zero-order valence-electron chi connectivity index (χ0n) is 13.4. The Kier molecular flexibility index (Phi) is 7.29. The van der Waals surface area contributed by atoms with E-state index in [0.29, 0.717) is 17.6 Å². The number of rotatable bonds is 10. The predicted octanol–water partition coefficient (Wildman–Crippen LogP) is 1.75. The topological polar surface area (TPSA) is 33.7 Å². The Morgan fingerprint density at radius 2 is 2.05 bits per heavy atom. The number of hydrogen-bond donors (Lipinski definition) is 1. The standard InChI is InChI=1S/C15H32N2O2/c1-6-15(3)13(12-14(15)19-7-2)16-8-9-17(4)10-11-18-5/h13-14,16H,6-12H2,1-5H3. The van der Waals surface area contributed by atoms with Crippen LogP contribution in [0.2, 0.25) is 0 Å². The summed E-state index contributed by atoms with van der Waals surface area (Å²) in [5.41, 5.74) is 0.307. The van der Waals surface area contributed by atoms with Crippen molar-refractivity contribution in [2.45, 2.75) is 45.8 Å². The summed E-state index contributed by atoms with van der Waals surface area (Å²) in [4.78, 5) is 2.30. The van der Waals surface area contributed by atoms with Crippen LogP contribution in [0, 0.1) is 5.41 Å². The van der Waals surface area contributed by atoms with Gasteiger partial charge in [0.1, 0.15) is 0 Å². The van der Waals surface area contributed by atoms with Crippen LogP contribution in [0.4, 0.5) is 0 Å². The average Bonchev–Trinajstić information content (AvgIpc) is 2.42. The first kappa shape index (κ1) is 16.9. The van der Waals surface area contributed by atoms with E-state index in [2.05, 4.69) is 38.0 Å². The van der Waals surface area contributed by atoms with E-state index in [1.54, 1.807) is 7.11 Å². The van der Waals surface area contributed by atoms with Gasteiger partial charge in [-0.25, -0.2) is 0 Å². The van der Waals surface area contributed by atoms with E-state index < -0.39 is 0 Å². The molecule has 4 nitrogen and oxygen atoms in total. The molecule has 1 aliphatic rings. The molecule has 19 heavy (non-hydrogen) atoms. The first-order chi connectivity index (χ1) is 9.08. The summed E-state index contributed by atoms with van der Waals surface area (Å²) in [6.07, 6.45) is 2.76. The number of methoxy groups -OCH3 is 1. The predicted molar refractivity (Wildman–Crippen MR) is 79.6 cm³/mol. The van der Waals surface area contributed by atoms with Gasteiger partial charge in [0, 0.05) is 44.8 Å². The molecular formula is C15H32N2O2. The van der Waals surface area contributed by atoms with Crippen LogP contribution in [0.15, 0.2) is 0 Å². The summed E-state index contributed by atoms with van der Waals surface area (Å²) in [5.74, 6) is 0. The highest BCUT2D eigenvalue weighted by atomic mass is 16.5. The summed E-state index contributed by atoms with van der Waals surface area (Å²) in [7, 11) is 3.89. The van der Waals surface area contributed by atoms with E-state index in [1.165, 1.54) is 6.42 Å². The van der Waals surface area contributed by atoms with Crippen LogP contribution in [0.3, 0.4) is 0 Å². The molecular weight excluding hydrogens is 240 g/mol. The molecule has 1 N–H and O–H groups in total. The first-order valence-corrected chi connectivity index (χ1v) is 7.60. The molecule has 0 heterocycles. The van der Waals surface area contributed by atoms with Crippen molar-refractivity contribution in [1.82, 2.24) is 10.2 Å². The maximum atomic E-state index is 5.83. The van der Waals surface area contributed by atoms with Gasteiger partial charge in [-0.3, -0.25) is 0 Å². The zero-order chi connectivity index (χ0) is 14.3. The highest BCUT2D eigenvalue weighted by Crippen LogP contribution is 2.45. The second-order valence-electron chi connectivity index (χ2n) is 5.84. The van der Waals surface area contributed by atoms with Crippen molar-refractivity contribution in [3.63, 3.8) is 0 Å². The Morgan fingerprint density at radius 3 is 2.63 bits per heavy atom. The molecule has 0 bridgehead atoms. The fourth-order valence-corrected chi connectivity index (χ4v) is 2.86. The van der Waals surface area contributed by atoms with E-state index >= 15 is 0 Å². The number of likely N-dealkylation sites (N-methyl/N-ethyl adjacent to an activating group) is 1. The van der Waals surface area contributed by atoms with Gasteiger partial charge in [-0.15, -0.1) is 0 Å². The number of ether oxygens (including phenoxy) is 2. The smallest absolute Gasteiger partial charge is 0.0658 e. The van der Waals surface area contributed by atoms with Gasteiger partial charge in [0.25, 0.3) is 0 Å². The molecule has 0 saturated heterocycles. The number of nitrogens with one attached hydrogen (secondary N) is 1. The third kappa shape index (κ3) is 4.42. The van der Waals surface area contributed by atoms with Crippen molar-refractivity contribution in [1.29, 1.82) is 0 Å². The lowest BCUT2D eigenvalue weighted by Gasteiger charge is -2.54. The molecule has 0 aromatic carbocycles. The monoisotopic (exact) mass is 272 g/mol. The third-order valence-electron chi connectivity index (χ3n) is 4.67. The quantitative estimate of drug-likeness (QED) is 0.657. The lowest BCUT2D eigenvalue weighted by Crippen LogP contribution is -2.62. The largest absolute Gasteiger partial charge is 0.383 e. The van der Waals surface area contributed by atoms with E-state index in [-0.39, 0.29) is 0 Å². The Bertz CT molecular complexity index is 250. The van der Waals surface area contributed by atoms with Gasteiger partial charge in [0.15, 0.2) is 0 Å². The van der Waals surface area contributed by atoms with Gasteiger partial charge in [-0.05, 0) is 26.8 Å². The summed E-state index contributed by atoms with van der Waals surface area (Å²) in [6, 6.07) is 0.602. The van der Waals surface area contributed by atoms with Crippen molar-refractivity contribution in [2.24, 2.45) is 5.41 Å². The molecule has 114 valence electrons. The lowest BCUT2D eigenvalue weighted by molar-refractivity contribution is -0.125. The van der Waals surface area contributed by atoms with Crippen LogP contribution in [-0.2, 0) is 9.47 Å². The highest BCUT2D eigenvalue weighted by molar-refractivity contribution is 5.04. The zero-order valence-corrected chi connectivity index (χ0v) is 13.4. The number of hydrogen-bond acceptors (Lipinski definition) is 4. The Labute approximate surface area is 118 Å². The fraction of sp³-hybridized carbons (Fsp3) is 1.00. The van der Waals surface area contributed by atoms with E-state index in [4.69, 9.17) is 9.47 Å². The van der Waals surface area contributed by atoms with Gasteiger partial charge < -0.3 is 19.7 Å². The Balaban J connectivity index is 2.23. The fourth-order valence-electron chi connectivity index (χ4n) is 2.86. The van der Waals surface area contributed by atoms with Crippen molar-refractivity contribution >= 4 is 0 Å². The van der Waals surface area contributed by atoms with Crippen molar-refractivity contribution in [3.05, 3.63) is 0 Å².